The summed E-state index contributed by atoms with van der Waals surface area (Å²) in [6.45, 7) is 0.454. The molecule has 1 aliphatic rings. The number of nitrogens with one attached hydrogen (secondary N) is 1. The van der Waals surface area contributed by atoms with Crippen LogP contribution in [0.1, 0.15) is 24.0 Å². The van der Waals surface area contributed by atoms with Gasteiger partial charge in [0.15, 0.2) is 0 Å². The van der Waals surface area contributed by atoms with Crippen molar-refractivity contribution >= 4 is 17.8 Å². The Balaban J connectivity index is 1.75. The summed E-state index contributed by atoms with van der Waals surface area (Å²) in [5, 5.41) is 2.83. The maximum Gasteiger partial charge on any atom is 0.328 e. The molecule has 0 aromatic heterocycles. The van der Waals surface area contributed by atoms with Crippen LogP contribution in [0.25, 0.3) is 0 Å². The maximum absolute atomic E-state index is 13.4. The van der Waals surface area contributed by atoms with Gasteiger partial charge in [-0.15, -0.1) is 0 Å². The van der Waals surface area contributed by atoms with E-state index < -0.39 is 30.0 Å². The standard InChI is InChI=1S/C24H29N3O4/c1-31-24(30)21-13-8-14-27(21)23(29)20(16-18-11-6-3-7-12-18)26-22(28)19(25)15-17-9-4-2-5-10-17/h2-7,9-12,19-21H,8,13-16,25H2,1H3,(H,26,28)/t19-,20-,21+/m0/s1. The second-order valence-corrected chi connectivity index (χ2v) is 7.76. The lowest BCUT2D eigenvalue weighted by molar-refractivity contribution is -0.151. The van der Waals surface area contributed by atoms with E-state index in [9.17, 15) is 14.4 Å². The van der Waals surface area contributed by atoms with Gasteiger partial charge in [0.25, 0.3) is 0 Å². The van der Waals surface area contributed by atoms with Crippen molar-refractivity contribution in [3.8, 4) is 0 Å². The third-order valence-electron chi connectivity index (χ3n) is 5.54. The van der Waals surface area contributed by atoms with E-state index in [2.05, 4.69) is 5.32 Å². The van der Waals surface area contributed by atoms with Crippen molar-refractivity contribution in [2.45, 2.75) is 43.8 Å². The first-order valence-electron chi connectivity index (χ1n) is 10.5. The van der Waals surface area contributed by atoms with Crippen molar-refractivity contribution in [1.82, 2.24) is 10.2 Å². The van der Waals surface area contributed by atoms with E-state index in [0.29, 0.717) is 32.2 Å². The van der Waals surface area contributed by atoms with Gasteiger partial charge < -0.3 is 20.7 Å². The summed E-state index contributed by atoms with van der Waals surface area (Å²) in [7, 11) is 1.31. The molecule has 1 saturated heterocycles. The molecule has 0 aliphatic carbocycles. The highest BCUT2D eigenvalue weighted by Crippen LogP contribution is 2.20. The van der Waals surface area contributed by atoms with Crippen LogP contribution in [-0.2, 0) is 32.0 Å². The van der Waals surface area contributed by atoms with Crippen LogP contribution in [0.3, 0.4) is 0 Å². The topological polar surface area (TPSA) is 102 Å². The number of carbonyl (C=O) groups excluding carboxylic acids is 3. The minimum absolute atomic E-state index is 0.294. The van der Waals surface area contributed by atoms with E-state index in [0.717, 1.165) is 11.1 Å². The van der Waals surface area contributed by atoms with Gasteiger partial charge in [0.1, 0.15) is 12.1 Å². The molecule has 0 unspecified atom stereocenters. The zero-order valence-electron chi connectivity index (χ0n) is 17.7. The average Bonchev–Trinajstić information content (AvgIpc) is 3.29. The Hall–Kier alpha value is -3.19. The second kappa shape index (κ2) is 10.7. The fraction of sp³-hybridized carbons (Fsp3) is 0.375. The summed E-state index contributed by atoms with van der Waals surface area (Å²) in [6, 6.07) is 16.7. The summed E-state index contributed by atoms with van der Waals surface area (Å²) in [4.78, 5) is 39.8. The van der Waals surface area contributed by atoms with Gasteiger partial charge >= 0.3 is 5.97 Å². The Morgan fingerprint density at radius 3 is 2.19 bits per heavy atom. The smallest absolute Gasteiger partial charge is 0.328 e. The first kappa shape index (κ1) is 22.5. The Bertz CT molecular complexity index is 888. The molecule has 31 heavy (non-hydrogen) atoms. The summed E-state index contributed by atoms with van der Waals surface area (Å²) >= 11 is 0. The lowest BCUT2D eigenvalue weighted by Crippen LogP contribution is -2.55. The Kier molecular flexibility index (Phi) is 7.78. The number of carbonyl (C=O) groups is 3. The van der Waals surface area contributed by atoms with Crippen LogP contribution in [0, 0.1) is 0 Å². The van der Waals surface area contributed by atoms with Crippen molar-refractivity contribution in [2.24, 2.45) is 5.73 Å². The first-order valence-corrected chi connectivity index (χ1v) is 10.5. The average molecular weight is 424 g/mol. The number of nitrogens with zero attached hydrogens (tertiary/aromatic N) is 1. The SMILES string of the molecule is COC(=O)[C@H]1CCCN1C(=O)[C@H](Cc1ccccc1)NC(=O)[C@@H](N)Cc1ccccc1. The van der Waals surface area contributed by atoms with Crippen molar-refractivity contribution in [2.75, 3.05) is 13.7 Å². The molecular weight excluding hydrogens is 394 g/mol. The molecule has 2 aromatic rings. The number of rotatable bonds is 8. The normalized spacial score (nSPS) is 17.6. The Morgan fingerprint density at radius 2 is 1.61 bits per heavy atom. The summed E-state index contributed by atoms with van der Waals surface area (Å²) in [5.74, 6) is -1.12. The van der Waals surface area contributed by atoms with Crippen LogP contribution < -0.4 is 11.1 Å². The van der Waals surface area contributed by atoms with Crippen molar-refractivity contribution in [1.29, 1.82) is 0 Å². The fourth-order valence-electron chi connectivity index (χ4n) is 3.90. The van der Waals surface area contributed by atoms with Crippen LogP contribution in [-0.4, -0.2) is 54.5 Å². The number of esters is 1. The molecule has 0 bridgehead atoms. The molecule has 1 heterocycles. The number of hydrogen-bond acceptors (Lipinski definition) is 5. The first-order chi connectivity index (χ1) is 15.0. The lowest BCUT2D eigenvalue weighted by atomic mass is 10.0. The highest BCUT2D eigenvalue weighted by Gasteiger charge is 2.38. The number of hydrogen-bond donors (Lipinski definition) is 2. The molecule has 164 valence electrons. The molecule has 2 amide bonds. The van der Waals surface area contributed by atoms with Gasteiger partial charge in [0.2, 0.25) is 11.8 Å². The van der Waals surface area contributed by atoms with Crippen molar-refractivity contribution < 1.29 is 19.1 Å². The number of likely N-dealkylation sites (tertiary alicyclic amines) is 1. The minimum atomic E-state index is -0.818. The third kappa shape index (κ3) is 5.92. The van der Waals surface area contributed by atoms with Crippen LogP contribution in [0.5, 0.6) is 0 Å². The molecule has 7 nitrogen and oxygen atoms in total. The van der Waals surface area contributed by atoms with Gasteiger partial charge in [-0.25, -0.2) is 4.79 Å². The van der Waals surface area contributed by atoms with E-state index in [1.165, 1.54) is 12.0 Å². The number of amides is 2. The monoisotopic (exact) mass is 423 g/mol. The molecule has 3 N–H and O–H groups in total. The largest absolute Gasteiger partial charge is 0.467 e. The number of benzene rings is 2. The summed E-state index contributed by atoms with van der Waals surface area (Å²) < 4.78 is 4.86. The zero-order valence-corrected chi connectivity index (χ0v) is 17.7. The van der Waals surface area contributed by atoms with Crippen LogP contribution in [0.2, 0.25) is 0 Å². The summed E-state index contributed by atoms with van der Waals surface area (Å²) in [6.07, 6.45) is 1.95. The van der Waals surface area contributed by atoms with Gasteiger partial charge in [0, 0.05) is 13.0 Å². The minimum Gasteiger partial charge on any atom is -0.467 e. The zero-order chi connectivity index (χ0) is 22.2. The molecule has 1 fully saturated rings. The number of methoxy groups -OCH3 is 1. The number of ether oxygens (including phenoxy) is 1. The number of nitrogens with two attached hydrogens (primary N) is 1. The molecule has 3 rings (SSSR count). The van der Waals surface area contributed by atoms with Gasteiger partial charge in [-0.2, -0.15) is 0 Å². The van der Waals surface area contributed by atoms with Crippen LogP contribution in [0.4, 0.5) is 0 Å². The predicted octanol–water partition coefficient (Wildman–Crippen LogP) is 1.45. The van der Waals surface area contributed by atoms with Crippen LogP contribution in [0.15, 0.2) is 60.7 Å². The molecule has 1 aliphatic heterocycles. The summed E-state index contributed by atoms with van der Waals surface area (Å²) in [5.41, 5.74) is 7.99. The molecule has 2 aromatic carbocycles. The fourth-order valence-corrected chi connectivity index (χ4v) is 3.90. The maximum atomic E-state index is 13.4. The highest BCUT2D eigenvalue weighted by atomic mass is 16.5. The van der Waals surface area contributed by atoms with E-state index in [1.54, 1.807) is 0 Å². The molecule has 3 atom stereocenters. The van der Waals surface area contributed by atoms with Gasteiger partial charge in [-0.3, -0.25) is 9.59 Å². The molecular formula is C24H29N3O4. The highest BCUT2D eigenvalue weighted by molar-refractivity contribution is 5.92. The van der Waals surface area contributed by atoms with E-state index in [1.807, 2.05) is 60.7 Å². The van der Waals surface area contributed by atoms with Gasteiger partial charge in [-0.1, -0.05) is 60.7 Å². The Morgan fingerprint density at radius 1 is 1.03 bits per heavy atom. The quantitative estimate of drug-likeness (QED) is 0.626. The van der Waals surface area contributed by atoms with Gasteiger partial charge in [-0.05, 0) is 30.4 Å². The van der Waals surface area contributed by atoms with E-state index in [4.69, 9.17) is 10.5 Å². The predicted molar refractivity (Wildman–Crippen MR) is 117 cm³/mol. The van der Waals surface area contributed by atoms with Crippen LogP contribution >= 0.6 is 0 Å². The molecule has 0 saturated carbocycles. The van der Waals surface area contributed by atoms with E-state index >= 15 is 0 Å². The molecule has 7 heteroatoms. The molecule has 0 radical (unpaired) electrons. The van der Waals surface area contributed by atoms with Crippen molar-refractivity contribution in [3.63, 3.8) is 0 Å². The Labute approximate surface area is 182 Å². The molecule has 0 spiro atoms. The van der Waals surface area contributed by atoms with Gasteiger partial charge in [0.05, 0.1) is 13.2 Å². The lowest BCUT2D eigenvalue weighted by Gasteiger charge is -2.28. The second-order valence-electron chi connectivity index (χ2n) is 7.76. The van der Waals surface area contributed by atoms with E-state index in [-0.39, 0.29) is 5.91 Å². The third-order valence-corrected chi connectivity index (χ3v) is 5.54. The van der Waals surface area contributed by atoms with Crippen molar-refractivity contribution in [3.05, 3.63) is 71.8 Å².